The van der Waals surface area contributed by atoms with Crippen LogP contribution in [0.1, 0.15) is 52.5 Å². The van der Waals surface area contributed by atoms with Crippen LogP contribution in [0.25, 0.3) is 0 Å². The number of hydrogen-bond acceptors (Lipinski definition) is 2. The van der Waals surface area contributed by atoms with Crippen molar-refractivity contribution < 1.29 is 9.59 Å². The van der Waals surface area contributed by atoms with Crippen LogP contribution in [0.3, 0.4) is 0 Å². The number of aryl methyl sites for hydroxylation is 1. The number of carbonyl (C=O) groups excluding carboxylic acids is 2. The van der Waals surface area contributed by atoms with E-state index in [0.717, 1.165) is 16.7 Å². The van der Waals surface area contributed by atoms with Gasteiger partial charge in [-0.1, -0.05) is 72.8 Å². The van der Waals surface area contributed by atoms with E-state index in [1.807, 2.05) is 86.6 Å². The third-order valence-electron chi connectivity index (χ3n) is 4.97. The van der Waals surface area contributed by atoms with Crippen LogP contribution in [0.2, 0.25) is 0 Å². The largest absolute Gasteiger partial charge is 0.349 e. The molecule has 2 N–H and O–H groups in total. The van der Waals surface area contributed by atoms with Crippen molar-refractivity contribution in [1.82, 2.24) is 10.6 Å². The summed E-state index contributed by atoms with van der Waals surface area (Å²) < 4.78 is 0. The average Bonchev–Trinajstić information content (AvgIpc) is 2.74. The molecule has 0 fully saturated rings. The zero-order chi connectivity index (χ0) is 20.6. The molecule has 0 aliphatic heterocycles. The van der Waals surface area contributed by atoms with Gasteiger partial charge >= 0.3 is 0 Å². The minimum absolute atomic E-state index is 0.107. The second kappa shape index (κ2) is 9.69. The molecule has 0 radical (unpaired) electrons. The molecule has 0 aromatic heterocycles. The minimum Gasteiger partial charge on any atom is -0.349 e. The lowest BCUT2D eigenvalue weighted by molar-refractivity contribution is -0.122. The van der Waals surface area contributed by atoms with Crippen LogP contribution in [0.5, 0.6) is 0 Å². The predicted molar refractivity (Wildman–Crippen MR) is 115 cm³/mol. The van der Waals surface area contributed by atoms with Gasteiger partial charge in [-0.3, -0.25) is 9.59 Å². The molecular formula is C25H26N2O2. The second-order valence-electron chi connectivity index (χ2n) is 7.15. The number of nitrogens with one attached hydrogen (secondary N) is 2. The van der Waals surface area contributed by atoms with Gasteiger partial charge in [0.2, 0.25) is 5.91 Å². The van der Waals surface area contributed by atoms with E-state index in [-0.39, 0.29) is 24.3 Å². The van der Waals surface area contributed by atoms with Crippen LogP contribution in [0.4, 0.5) is 0 Å². The lowest BCUT2D eigenvalue weighted by Crippen LogP contribution is -2.34. The molecule has 0 heterocycles. The normalized spacial score (nSPS) is 12.6. The number of amides is 2. The summed E-state index contributed by atoms with van der Waals surface area (Å²) in [4.78, 5) is 25.4. The predicted octanol–water partition coefficient (Wildman–Crippen LogP) is 4.73. The van der Waals surface area contributed by atoms with E-state index in [0.29, 0.717) is 5.56 Å². The van der Waals surface area contributed by atoms with Gasteiger partial charge in [-0.2, -0.15) is 0 Å². The van der Waals surface area contributed by atoms with Crippen molar-refractivity contribution in [1.29, 1.82) is 0 Å². The molecule has 0 spiro atoms. The van der Waals surface area contributed by atoms with Crippen molar-refractivity contribution in [2.75, 3.05) is 0 Å². The van der Waals surface area contributed by atoms with Gasteiger partial charge in [-0.15, -0.1) is 0 Å². The van der Waals surface area contributed by atoms with Gasteiger partial charge in [0.05, 0.1) is 18.5 Å². The first kappa shape index (κ1) is 20.3. The molecule has 4 heteroatoms. The van der Waals surface area contributed by atoms with Crippen molar-refractivity contribution in [2.45, 2.75) is 32.4 Å². The molecule has 3 aromatic carbocycles. The van der Waals surface area contributed by atoms with Gasteiger partial charge in [0, 0.05) is 5.56 Å². The Bertz CT molecular complexity index is 955. The van der Waals surface area contributed by atoms with Crippen LogP contribution in [0, 0.1) is 6.92 Å². The van der Waals surface area contributed by atoms with Crippen molar-refractivity contribution in [2.24, 2.45) is 0 Å². The van der Waals surface area contributed by atoms with E-state index in [9.17, 15) is 9.59 Å². The SMILES string of the molecule is Cc1ccccc1C(C)NC(=O)CC(NC(=O)c1ccccc1)c1ccccc1. The summed E-state index contributed by atoms with van der Waals surface area (Å²) >= 11 is 0. The maximum Gasteiger partial charge on any atom is 0.251 e. The maximum absolute atomic E-state index is 12.8. The van der Waals surface area contributed by atoms with Crippen molar-refractivity contribution in [3.05, 3.63) is 107 Å². The Labute approximate surface area is 172 Å². The van der Waals surface area contributed by atoms with Crippen LogP contribution in [0.15, 0.2) is 84.9 Å². The van der Waals surface area contributed by atoms with Gasteiger partial charge in [0.25, 0.3) is 5.91 Å². The lowest BCUT2D eigenvalue weighted by Gasteiger charge is -2.21. The second-order valence-corrected chi connectivity index (χ2v) is 7.15. The number of carbonyl (C=O) groups is 2. The summed E-state index contributed by atoms with van der Waals surface area (Å²) in [6.45, 7) is 4.01. The van der Waals surface area contributed by atoms with Gasteiger partial charge < -0.3 is 10.6 Å². The Morgan fingerprint density at radius 1 is 0.793 bits per heavy atom. The average molecular weight is 386 g/mol. The van der Waals surface area contributed by atoms with E-state index in [1.54, 1.807) is 12.1 Å². The molecule has 2 unspecified atom stereocenters. The fraction of sp³-hybridized carbons (Fsp3) is 0.200. The van der Waals surface area contributed by atoms with Crippen molar-refractivity contribution in [3.8, 4) is 0 Å². The Morgan fingerprint density at radius 3 is 2.03 bits per heavy atom. The first-order valence-electron chi connectivity index (χ1n) is 9.80. The minimum atomic E-state index is -0.409. The van der Waals surface area contributed by atoms with Gasteiger partial charge in [0.15, 0.2) is 0 Å². The fourth-order valence-electron chi connectivity index (χ4n) is 3.40. The number of hydrogen-bond donors (Lipinski definition) is 2. The summed E-state index contributed by atoms with van der Waals surface area (Å²) in [5.74, 6) is -0.304. The molecular weight excluding hydrogens is 360 g/mol. The first-order chi connectivity index (χ1) is 14.0. The van der Waals surface area contributed by atoms with Gasteiger partial charge in [-0.25, -0.2) is 0 Å². The Balaban J connectivity index is 1.72. The van der Waals surface area contributed by atoms with Crippen LogP contribution < -0.4 is 10.6 Å². The smallest absolute Gasteiger partial charge is 0.251 e. The number of rotatable bonds is 7. The first-order valence-corrected chi connectivity index (χ1v) is 9.80. The molecule has 0 saturated heterocycles. The van der Waals surface area contributed by atoms with E-state index < -0.39 is 6.04 Å². The van der Waals surface area contributed by atoms with E-state index in [2.05, 4.69) is 10.6 Å². The third kappa shape index (κ3) is 5.55. The van der Waals surface area contributed by atoms with Crippen molar-refractivity contribution >= 4 is 11.8 Å². The van der Waals surface area contributed by atoms with Crippen LogP contribution >= 0.6 is 0 Å². The Hall–Kier alpha value is -3.40. The highest BCUT2D eigenvalue weighted by Crippen LogP contribution is 2.20. The number of benzene rings is 3. The molecule has 2 atom stereocenters. The molecule has 4 nitrogen and oxygen atoms in total. The zero-order valence-electron chi connectivity index (χ0n) is 16.8. The molecule has 3 aromatic rings. The molecule has 148 valence electrons. The molecule has 0 saturated carbocycles. The quantitative estimate of drug-likeness (QED) is 0.616. The fourth-order valence-corrected chi connectivity index (χ4v) is 3.40. The summed E-state index contributed by atoms with van der Waals surface area (Å²) in [5, 5.41) is 6.07. The summed E-state index contributed by atoms with van der Waals surface area (Å²) in [5.41, 5.74) is 3.69. The highest BCUT2D eigenvalue weighted by Gasteiger charge is 2.20. The van der Waals surface area contributed by atoms with Gasteiger partial charge in [0.1, 0.15) is 0 Å². The van der Waals surface area contributed by atoms with Gasteiger partial charge in [-0.05, 0) is 42.7 Å². The van der Waals surface area contributed by atoms with E-state index in [1.165, 1.54) is 0 Å². The summed E-state index contributed by atoms with van der Waals surface area (Å²) in [6.07, 6.45) is 0.165. The standard InChI is InChI=1S/C25H26N2O2/c1-18-11-9-10-16-22(18)19(2)26-24(28)17-23(20-12-5-3-6-13-20)27-25(29)21-14-7-4-8-15-21/h3-16,19,23H,17H2,1-2H3,(H,26,28)(H,27,29). The summed E-state index contributed by atoms with van der Waals surface area (Å²) in [6, 6.07) is 26.1. The van der Waals surface area contributed by atoms with E-state index in [4.69, 9.17) is 0 Å². The maximum atomic E-state index is 12.8. The Kier molecular flexibility index (Phi) is 6.80. The van der Waals surface area contributed by atoms with E-state index >= 15 is 0 Å². The third-order valence-corrected chi connectivity index (χ3v) is 4.97. The summed E-state index contributed by atoms with van der Waals surface area (Å²) in [7, 11) is 0. The zero-order valence-corrected chi connectivity index (χ0v) is 16.8. The monoisotopic (exact) mass is 386 g/mol. The van der Waals surface area contributed by atoms with Crippen molar-refractivity contribution in [3.63, 3.8) is 0 Å². The molecule has 0 aliphatic carbocycles. The molecule has 0 bridgehead atoms. The highest BCUT2D eigenvalue weighted by molar-refractivity contribution is 5.94. The highest BCUT2D eigenvalue weighted by atomic mass is 16.2. The Morgan fingerprint density at radius 2 is 1.38 bits per heavy atom. The van der Waals surface area contributed by atoms with Crippen LogP contribution in [-0.2, 0) is 4.79 Å². The molecule has 2 amide bonds. The lowest BCUT2D eigenvalue weighted by atomic mass is 10.0. The molecule has 3 rings (SSSR count). The van der Waals surface area contributed by atoms with Crippen LogP contribution in [-0.4, -0.2) is 11.8 Å². The molecule has 0 aliphatic rings. The topological polar surface area (TPSA) is 58.2 Å². The molecule has 29 heavy (non-hydrogen) atoms.